The quantitative estimate of drug-likeness (QED) is 0.800. The van der Waals surface area contributed by atoms with Gasteiger partial charge in [0.1, 0.15) is 5.82 Å². The number of rotatable bonds is 1. The first kappa shape index (κ1) is 12.4. The van der Waals surface area contributed by atoms with Crippen molar-refractivity contribution in [2.24, 2.45) is 0 Å². The van der Waals surface area contributed by atoms with E-state index in [-0.39, 0.29) is 11.6 Å². The number of nitrogens with two attached hydrogens (primary N) is 1. The molecule has 2 N–H and O–H groups in total. The average molecular weight is 259 g/mol. The molecule has 0 aliphatic carbocycles. The van der Waals surface area contributed by atoms with Gasteiger partial charge in [-0.15, -0.1) is 0 Å². The van der Waals surface area contributed by atoms with Crippen LogP contribution in [0.25, 0.3) is 5.69 Å². The first-order valence-electron chi connectivity index (χ1n) is 4.97. The number of alkyl halides is 3. The van der Waals surface area contributed by atoms with E-state index in [1.807, 2.05) is 0 Å². The van der Waals surface area contributed by atoms with Crippen LogP contribution in [-0.2, 0) is 6.18 Å². The maximum atomic E-state index is 13.6. The van der Waals surface area contributed by atoms with Crippen molar-refractivity contribution in [1.82, 2.24) is 9.55 Å². The number of nitrogens with zero attached hydrogens (tertiary/aromatic N) is 2. The van der Waals surface area contributed by atoms with Crippen LogP contribution < -0.4 is 5.73 Å². The Morgan fingerprint density at radius 2 is 1.94 bits per heavy atom. The van der Waals surface area contributed by atoms with Crippen molar-refractivity contribution < 1.29 is 17.6 Å². The molecule has 0 amide bonds. The van der Waals surface area contributed by atoms with Crippen LogP contribution in [0, 0.1) is 12.7 Å². The highest BCUT2D eigenvalue weighted by molar-refractivity contribution is 5.44. The third-order valence-electron chi connectivity index (χ3n) is 2.39. The predicted octanol–water partition coefficient (Wildman–Crippen LogP) is 2.92. The molecule has 2 rings (SSSR count). The summed E-state index contributed by atoms with van der Waals surface area (Å²) in [4.78, 5) is 3.81. The molecule has 1 aromatic heterocycles. The van der Waals surface area contributed by atoms with Gasteiger partial charge in [0, 0.05) is 6.20 Å². The lowest BCUT2D eigenvalue weighted by Gasteiger charge is -2.11. The lowest BCUT2D eigenvalue weighted by molar-refractivity contribution is -0.137. The van der Waals surface area contributed by atoms with Crippen LogP contribution in [0.3, 0.4) is 0 Å². The number of anilines is 1. The van der Waals surface area contributed by atoms with E-state index in [0.29, 0.717) is 17.8 Å². The van der Waals surface area contributed by atoms with Gasteiger partial charge in [-0.25, -0.2) is 9.37 Å². The van der Waals surface area contributed by atoms with Gasteiger partial charge in [0.05, 0.1) is 16.9 Å². The summed E-state index contributed by atoms with van der Waals surface area (Å²) in [5.74, 6) is -0.863. The molecule has 0 radical (unpaired) electrons. The van der Waals surface area contributed by atoms with Crippen molar-refractivity contribution in [3.63, 3.8) is 0 Å². The molecular weight excluding hydrogens is 250 g/mol. The fourth-order valence-electron chi connectivity index (χ4n) is 1.58. The molecule has 2 aromatic rings. The zero-order valence-corrected chi connectivity index (χ0v) is 9.29. The summed E-state index contributed by atoms with van der Waals surface area (Å²) in [6.07, 6.45) is -3.17. The maximum Gasteiger partial charge on any atom is 0.416 e. The van der Waals surface area contributed by atoms with Crippen LogP contribution in [-0.4, -0.2) is 9.55 Å². The molecule has 0 spiro atoms. The second-order valence-corrected chi connectivity index (χ2v) is 3.77. The highest BCUT2D eigenvalue weighted by Crippen LogP contribution is 2.31. The Morgan fingerprint density at radius 3 is 2.44 bits per heavy atom. The van der Waals surface area contributed by atoms with E-state index in [0.717, 1.165) is 10.6 Å². The van der Waals surface area contributed by atoms with Crippen LogP contribution >= 0.6 is 0 Å². The standard InChI is InChI=1S/C11H9F4N3/c1-6-5-18(10(16)17-6)9-4-7(11(13,14)15)2-3-8(9)12/h2-5H,1H3,(H2,16,17). The van der Waals surface area contributed by atoms with E-state index >= 15 is 0 Å². The largest absolute Gasteiger partial charge is 0.416 e. The highest BCUT2D eigenvalue weighted by atomic mass is 19.4. The van der Waals surface area contributed by atoms with Crippen LogP contribution in [0.2, 0.25) is 0 Å². The second kappa shape index (κ2) is 4.01. The monoisotopic (exact) mass is 259 g/mol. The van der Waals surface area contributed by atoms with E-state index in [1.54, 1.807) is 6.92 Å². The van der Waals surface area contributed by atoms with Gasteiger partial charge in [-0.1, -0.05) is 0 Å². The second-order valence-electron chi connectivity index (χ2n) is 3.77. The van der Waals surface area contributed by atoms with Crippen LogP contribution in [0.4, 0.5) is 23.5 Å². The third kappa shape index (κ3) is 2.15. The Bertz CT molecular complexity index is 586. The fraction of sp³-hybridized carbons (Fsp3) is 0.182. The zero-order valence-electron chi connectivity index (χ0n) is 9.29. The summed E-state index contributed by atoms with van der Waals surface area (Å²) < 4.78 is 52.3. The third-order valence-corrected chi connectivity index (χ3v) is 2.39. The number of hydrogen-bond acceptors (Lipinski definition) is 2. The molecule has 0 saturated carbocycles. The molecule has 0 bridgehead atoms. The van der Waals surface area contributed by atoms with Gasteiger partial charge in [-0.2, -0.15) is 13.2 Å². The molecule has 0 aliphatic rings. The first-order chi connectivity index (χ1) is 8.29. The van der Waals surface area contributed by atoms with Crippen LogP contribution in [0.15, 0.2) is 24.4 Å². The van der Waals surface area contributed by atoms with Gasteiger partial charge in [-0.3, -0.25) is 4.57 Å². The number of halogens is 4. The number of aryl methyl sites for hydroxylation is 1. The number of benzene rings is 1. The molecule has 0 atom stereocenters. The van der Waals surface area contributed by atoms with Crippen molar-refractivity contribution in [2.45, 2.75) is 13.1 Å². The Kier molecular flexibility index (Phi) is 2.76. The summed E-state index contributed by atoms with van der Waals surface area (Å²) in [6.45, 7) is 1.61. The van der Waals surface area contributed by atoms with E-state index in [4.69, 9.17) is 5.73 Å². The van der Waals surface area contributed by atoms with Crippen molar-refractivity contribution in [1.29, 1.82) is 0 Å². The number of imidazole rings is 1. The smallest absolute Gasteiger partial charge is 0.369 e. The van der Waals surface area contributed by atoms with Gasteiger partial charge >= 0.3 is 6.18 Å². The Hall–Kier alpha value is -2.05. The minimum absolute atomic E-state index is 0.0641. The van der Waals surface area contributed by atoms with E-state index in [1.165, 1.54) is 6.20 Å². The zero-order chi connectivity index (χ0) is 13.5. The Morgan fingerprint density at radius 1 is 1.28 bits per heavy atom. The lowest BCUT2D eigenvalue weighted by atomic mass is 10.2. The van der Waals surface area contributed by atoms with Gasteiger partial charge in [0.15, 0.2) is 0 Å². The molecular formula is C11H9F4N3. The molecule has 0 unspecified atom stereocenters. The van der Waals surface area contributed by atoms with Gasteiger partial charge in [0.2, 0.25) is 5.95 Å². The molecule has 7 heteroatoms. The molecule has 18 heavy (non-hydrogen) atoms. The Balaban J connectivity index is 2.60. The van der Waals surface area contributed by atoms with E-state index < -0.39 is 17.6 Å². The van der Waals surface area contributed by atoms with Crippen molar-refractivity contribution in [3.05, 3.63) is 41.5 Å². The van der Waals surface area contributed by atoms with Gasteiger partial charge < -0.3 is 5.73 Å². The normalized spacial score (nSPS) is 11.8. The summed E-state index contributed by atoms with van der Waals surface area (Å²) in [6, 6.07) is 2.14. The highest BCUT2D eigenvalue weighted by Gasteiger charge is 2.31. The van der Waals surface area contributed by atoms with Crippen molar-refractivity contribution in [3.8, 4) is 5.69 Å². The van der Waals surface area contributed by atoms with E-state index in [2.05, 4.69) is 4.98 Å². The number of aromatic nitrogens is 2. The topological polar surface area (TPSA) is 43.8 Å². The van der Waals surface area contributed by atoms with E-state index in [9.17, 15) is 17.6 Å². The van der Waals surface area contributed by atoms with Gasteiger partial charge in [0.25, 0.3) is 0 Å². The molecule has 96 valence electrons. The maximum absolute atomic E-state index is 13.6. The molecule has 1 heterocycles. The van der Waals surface area contributed by atoms with Crippen LogP contribution in [0.1, 0.15) is 11.3 Å². The molecule has 0 fully saturated rings. The summed E-state index contributed by atoms with van der Waals surface area (Å²) in [7, 11) is 0. The number of hydrogen-bond donors (Lipinski definition) is 1. The summed E-state index contributed by atoms with van der Waals surface area (Å²) >= 11 is 0. The summed E-state index contributed by atoms with van der Waals surface area (Å²) in [5.41, 5.74) is 4.78. The molecule has 0 saturated heterocycles. The SMILES string of the molecule is Cc1cn(-c2cc(C(F)(F)F)ccc2F)c(N)n1. The fourth-order valence-corrected chi connectivity index (χ4v) is 1.58. The van der Waals surface area contributed by atoms with Crippen LogP contribution in [0.5, 0.6) is 0 Å². The Labute approximate surface area is 99.9 Å². The molecule has 3 nitrogen and oxygen atoms in total. The van der Waals surface area contributed by atoms with Gasteiger partial charge in [-0.05, 0) is 25.1 Å². The first-order valence-corrected chi connectivity index (χ1v) is 4.97. The molecule has 0 aliphatic heterocycles. The minimum atomic E-state index is -4.53. The lowest BCUT2D eigenvalue weighted by Crippen LogP contribution is -2.08. The van der Waals surface area contributed by atoms with Crippen molar-refractivity contribution in [2.75, 3.05) is 5.73 Å². The van der Waals surface area contributed by atoms with Crippen molar-refractivity contribution >= 4 is 5.95 Å². The minimum Gasteiger partial charge on any atom is -0.369 e. The number of nitrogen functional groups attached to an aromatic ring is 1. The molecule has 1 aromatic carbocycles. The predicted molar refractivity (Wildman–Crippen MR) is 57.7 cm³/mol. The average Bonchev–Trinajstić information content (AvgIpc) is 2.56. The summed E-state index contributed by atoms with van der Waals surface area (Å²) in [5, 5.41) is 0.